The molecular formula is C10H13ClN4. The SMILES string of the molecule is Cc1c2c(c3ncnn3c1C)CNC2.Cl. The predicted octanol–water partition coefficient (Wildman–Crippen LogP) is 1.37. The van der Waals surface area contributed by atoms with Crippen molar-refractivity contribution in [1.29, 1.82) is 0 Å². The summed E-state index contributed by atoms with van der Waals surface area (Å²) in [4.78, 5) is 4.30. The highest BCUT2D eigenvalue weighted by Crippen LogP contribution is 2.25. The van der Waals surface area contributed by atoms with E-state index in [4.69, 9.17) is 0 Å². The summed E-state index contributed by atoms with van der Waals surface area (Å²) in [6.07, 6.45) is 1.63. The monoisotopic (exact) mass is 224 g/mol. The average molecular weight is 225 g/mol. The van der Waals surface area contributed by atoms with Crippen molar-refractivity contribution in [3.63, 3.8) is 0 Å². The van der Waals surface area contributed by atoms with Gasteiger partial charge in [0.05, 0.1) is 0 Å². The van der Waals surface area contributed by atoms with Crippen LogP contribution < -0.4 is 5.32 Å². The molecule has 1 aliphatic rings. The van der Waals surface area contributed by atoms with E-state index in [1.165, 1.54) is 22.4 Å². The standard InChI is InChI=1S/C10H12N4.ClH/c1-6-7(2)14-10(12-5-13-14)9-4-11-3-8(6)9;/h5,11H,3-4H2,1-2H3;1H. The number of hydrogen-bond donors (Lipinski definition) is 1. The minimum absolute atomic E-state index is 0. The van der Waals surface area contributed by atoms with Crippen molar-refractivity contribution in [3.8, 4) is 0 Å². The Balaban J connectivity index is 0.000000853. The Kier molecular flexibility index (Phi) is 2.40. The average Bonchev–Trinajstić information content (AvgIpc) is 2.80. The first-order chi connectivity index (χ1) is 6.79. The van der Waals surface area contributed by atoms with Gasteiger partial charge in [-0.25, -0.2) is 9.50 Å². The number of fused-ring (bicyclic) bond motifs is 3. The van der Waals surface area contributed by atoms with Crippen LogP contribution in [0.3, 0.4) is 0 Å². The molecule has 3 rings (SSSR count). The summed E-state index contributed by atoms with van der Waals surface area (Å²) < 4.78 is 1.93. The lowest BCUT2D eigenvalue weighted by atomic mass is 10.0. The number of pyridine rings is 1. The molecule has 3 heterocycles. The van der Waals surface area contributed by atoms with Crippen molar-refractivity contribution in [2.45, 2.75) is 26.9 Å². The molecule has 0 aliphatic carbocycles. The van der Waals surface area contributed by atoms with Gasteiger partial charge in [-0.15, -0.1) is 12.4 Å². The third-order valence-electron chi connectivity index (χ3n) is 3.10. The van der Waals surface area contributed by atoms with Gasteiger partial charge in [-0.2, -0.15) is 5.10 Å². The maximum Gasteiger partial charge on any atom is 0.160 e. The van der Waals surface area contributed by atoms with Crippen molar-refractivity contribution in [3.05, 3.63) is 28.7 Å². The molecule has 0 saturated carbocycles. The van der Waals surface area contributed by atoms with E-state index in [-0.39, 0.29) is 12.4 Å². The second-order valence-electron chi connectivity index (χ2n) is 3.77. The van der Waals surface area contributed by atoms with Gasteiger partial charge in [-0.3, -0.25) is 0 Å². The molecule has 5 heteroatoms. The van der Waals surface area contributed by atoms with Crippen molar-refractivity contribution in [2.75, 3.05) is 0 Å². The summed E-state index contributed by atoms with van der Waals surface area (Å²) in [5.41, 5.74) is 6.25. The maximum atomic E-state index is 4.30. The van der Waals surface area contributed by atoms with Crippen molar-refractivity contribution < 1.29 is 0 Å². The lowest BCUT2D eigenvalue weighted by Gasteiger charge is -2.08. The molecule has 0 radical (unpaired) electrons. The first-order valence-corrected chi connectivity index (χ1v) is 4.80. The van der Waals surface area contributed by atoms with Crippen molar-refractivity contribution >= 4 is 18.1 Å². The normalized spacial score (nSPS) is 14.0. The lowest BCUT2D eigenvalue weighted by molar-refractivity contribution is 0.764. The number of rotatable bonds is 0. The minimum Gasteiger partial charge on any atom is -0.308 e. The van der Waals surface area contributed by atoms with Gasteiger partial charge in [0.25, 0.3) is 0 Å². The van der Waals surface area contributed by atoms with Gasteiger partial charge in [0.15, 0.2) is 5.65 Å². The maximum absolute atomic E-state index is 4.30. The molecule has 2 aromatic rings. The van der Waals surface area contributed by atoms with Crippen molar-refractivity contribution in [2.24, 2.45) is 0 Å². The first kappa shape index (κ1) is 10.4. The Morgan fingerprint density at radius 1 is 1.27 bits per heavy atom. The quantitative estimate of drug-likeness (QED) is 0.735. The Labute approximate surface area is 94.1 Å². The van der Waals surface area contributed by atoms with E-state index in [1.54, 1.807) is 6.33 Å². The minimum atomic E-state index is 0. The third-order valence-corrected chi connectivity index (χ3v) is 3.10. The zero-order valence-electron chi connectivity index (χ0n) is 8.74. The molecule has 0 atom stereocenters. The van der Waals surface area contributed by atoms with E-state index in [0.29, 0.717) is 0 Å². The van der Waals surface area contributed by atoms with Gasteiger partial charge < -0.3 is 5.32 Å². The van der Waals surface area contributed by atoms with E-state index < -0.39 is 0 Å². The second-order valence-corrected chi connectivity index (χ2v) is 3.77. The molecule has 0 fully saturated rings. The fourth-order valence-electron chi connectivity index (χ4n) is 2.17. The third kappa shape index (κ3) is 1.25. The number of nitrogens with zero attached hydrogens (tertiary/aromatic N) is 3. The van der Waals surface area contributed by atoms with Crippen LogP contribution in [0.15, 0.2) is 6.33 Å². The van der Waals surface area contributed by atoms with Gasteiger partial charge in [0.1, 0.15) is 6.33 Å². The molecule has 0 bridgehead atoms. The summed E-state index contributed by atoms with van der Waals surface area (Å²) in [5, 5.41) is 7.59. The molecule has 15 heavy (non-hydrogen) atoms. The highest BCUT2D eigenvalue weighted by atomic mass is 35.5. The van der Waals surface area contributed by atoms with Gasteiger partial charge in [0.2, 0.25) is 0 Å². The number of aryl methyl sites for hydroxylation is 1. The van der Waals surface area contributed by atoms with Crippen LogP contribution in [0.1, 0.15) is 22.4 Å². The van der Waals surface area contributed by atoms with E-state index in [0.717, 1.165) is 18.7 Å². The smallest absolute Gasteiger partial charge is 0.160 e. The van der Waals surface area contributed by atoms with Crippen LogP contribution in [-0.2, 0) is 13.1 Å². The molecule has 80 valence electrons. The highest BCUT2D eigenvalue weighted by molar-refractivity contribution is 5.85. The Morgan fingerprint density at radius 3 is 2.80 bits per heavy atom. The molecule has 1 aliphatic heterocycles. The van der Waals surface area contributed by atoms with Crippen LogP contribution in [0.5, 0.6) is 0 Å². The van der Waals surface area contributed by atoms with Gasteiger partial charge >= 0.3 is 0 Å². The van der Waals surface area contributed by atoms with Gasteiger partial charge in [-0.05, 0) is 25.0 Å². The van der Waals surface area contributed by atoms with Crippen LogP contribution in [-0.4, -0.2) is 14.6 Å². The highest BCUT2D eigenvalue weighted by Gasteiger charge is 2.19. The Hall–Kier alpha value is -1.13. The first-order valence-electron chi connectivity index (χ1n) is 4.80. The van der Waals surface area contributed by atoms with Crippen LogP contribution in [0.4, 0.5) is 0 Å². The van der Waals surface area contributed by atoms with Crippen LogP contribution in [0.2, 0.25) is 0 Å². The molecule has 2 aromatic heterocycles. The Morgan fingerprint density at radius 2 is 2.00 bits per heavy atom. The lowest BCUT2D eigenvalue weighted by Crippen LogP contribution is -2.02. The largest absolute Gasteiger partial charge is 0.308 e. The summed E-state index contributed by atoms with van der Waals surface area (Å²) in [5.74, 6) is 0. The summed E-state index contributed by atoms with van der Waals surface area (Å²) in [6, 6.07) is 0. The zero-order chi connectivity index (χ0) is 9.71. The number of aromatic nitrogens is 3. The molecular weight excluding hydrogens is 212 g/mol. The van der Waals surface area contributed by atoms with E-state index in [9.17, 15) is 0 Å². The molecule has 0 amide bonds. The fraction of sp³-hybridized carbons (Fsp3) is 0.400. The van der Waals surface area contributed by atoms with Crippen LogP contribution in [0, 0.1) is 13.8 Å². The topological polar surface area (TPSA) is 42.2 Å². The zero-order valence-corrected chi connectivity index (χ0v) is 9.56. The van der Waals surface area contributed by atoms with Crippen LogP contribution >= 0.6 is 12.4 Å². The molecule has 4 nitrogen and oxygen atoms in total. The van der Waals surface area contributed by atoms with Gasteiger partial charge in [0, 0.05) is 24.3 Å². The summed E-state index contributed by atoms with van der Waals surface area (Å²) in [7, 11) is 0. The molecule has 0 unspecified atom stereocenters. The summed E-state index contributed by atoms with van der Waals surface area (Å²) >= 11 is 0. The number of halogens is 1. The predicted molar refractivity (Wildman–Crippen MR) is 60.3 cm³/mol. The van der Waals surface area contributed by atoms with E-state index >= 15 is 0 Å². The number of nitrogens with one attached hydrogen (secondary N) is 1. The van der Waals surface area contributed by atoms with E-state index in [2.05, 4.69) is 29.2 Å². The molecule has 0 aromatic carbocycles. The van der Waals surface area contributed by atoms with Crippen molar-refractivity contribution in [1.82, 2.24) is 19.9 Å². The van der Waals surface area contributed by atoms with E-state index in [1.807, 2.05) is 4.52 Å². The second kappa shape index (κ2) is 3.47. The molecule has 0 spiro atoms. The molecule has 0 saturated heterocycles. The van der Waals surface area contributed by atoms with Gasteiger partial charge in [-0.1, -0.05) is 0 Å². The number of hydrogen-bond acceptors (Lipinski definition) is 3. The fourth-order valence-corrected chi connectivity index (χ4v) is 2.17. The summed E-state index contributed by atoms with van der Waals surface area (Å²) in [6.45, 7) is 6.13. The molecule has 1 N–H and O–H groups in total. The Bertz CT molecular complexity index is 518. The van der Waals surface area contributed by atoms with Crippen LogP contribution in [0.25, 0.3) is 5.65 Å².